The number of phenolic OH excluding ortho intramolecular Hbond substituents is 1. The molecule has 156 valence electrons. The highest BCUT2D eigenvalue weighted by molar-refractivity contribution is 6.30. The van der Waals surface area contributed by atoms with Gasteiger partial charge < -0.3 is 9.84 Å². The van der Waals surface area contributed by atoms with Crippen molar-refractivity contribution in [1.82, 2.24) is 15.2 Å². The van der Waals surface area contributed by atoms with Crippen LogP contribution in [-0.2, 0) is 0 Å². The molecule has 1 amide bonds. The van der Waals surface area contributed by atoms with Crippen molar-refractivity contribution in [2.24, 2.45) is 5.10 Å². The number of aromatic hydroxyl groups is 1. The van der Waals surface area contributed by atoms with E-state index in [4.69, 9.17) is 16.3 Å². The summed E-state index contributed by atoms with van der Waals surface area (Å²) in [6, 6.07) is 12.6. The van der Waals surface area contributed by atoms with Crippen LogP contribution in [0.15, 0.2) is 52.4 Å². The van der Waals surface area contributed by atoms with Gasteiger partial charge in [0.25, 0.3) is 11.5 Å². The predicted molar refractivity (Wildman–Crippen MR) is 114 cm³/mol. The van der Waals surface area contributed by atoms with E-state index in [1.807, 2.05) is 6.07 Å². The molecule has 3 rings (SSSR count). The number of nitrogens with one attached hydrogen (secondary N) is 1. The molecule has 31 heavy (non-hydrogen) atoms. The number of hydrogen-bond acceptors (Lipinski definition) is 7. The Morgan fingerprint density at radius 1 is 1.32 bits per heavy atom. The molecule has 0 saturated heterocycles. The van der Waals surface area contributed by atoms with Crippen molar-refractivity contribution in [3.63, 3.8) is 0 Å². The molecule has 1 aromatic heterocycles. The van der Waals surface area contributed by atoms with E-state index in [9.17, 15) is 20.0 Å². The van der Waals surface area contributed by atoms with E-state index < -0.39 is 11.5 Å². The molecule has 0 unspecified atom stereocenters. The average molecular weight is 438 g/mol. The van der Waals surface area contributed by atoms with Gasteiger partial charge in [0.05, 0.1) is 19.0 Å². The van der Waals surface area contributed by atoms with Crippen molar-refractivity contribution in [1.29, 1.82) is 5.26 Å². The summed E-state index contributed by atoms with van der Waals surface area (Å²) in [5.74, 6) is -0.489. The second-order valence-electron chi connectivity index (χ2n) is 6.28. The Bertz CT molecular complexity index is 1280. The molecule has 0 radical (unpaired) electrons. The van der Waals surface area contributed by atoms with Crippen LogP contribution < -0.4 is 15.7 Å². The molecule has 1 heterocycles. The maximum atomic E-state index is 12.7. The number of benzene rings is 2. The fraction of sp³-hybridized carbons (Fsp3) is 0.0952. The number of methoxy groups -OCH3 is 1. The third-order valence-corrected chi connectivity index (χ3v) is 4.57. The number of hydrazone groups is 1. The van der Waals surface area contributed by atoms with Gasteiger partial charge in [-0.1, -0.05) is 11.6 Å². The van der Waals surface area contributed by atoms with Crippen LogP contribution in [0.3, 0.4) is 0 Å². The molecule has 3 aromatic rings. The van der Waals surface area contributed by atoms with E-state index in [0.29, 0.717) is 16.3 Å². The summed E-state index contributed by atoms with van der Waals surface area (Å²) in [7, 11) is 1.41. The van der Waals surface area contributed by atoms with Crippen molar-refractivity contribution in [2.45, 2.75) is 6.92 Å². The topological polar surface area (TPSA) is 130 Å². The number of hydrogen-bond donors (Lipinski definition) is 2. The summed E-state index contributed by atoms with van der Waals surface area (Å²) in [5.41, 5.74) is 2.37. The number of nitrogens with zero attached hydrogens (tertiary/aromatic N) is 4. The summed E-state index contributed by atoms with van der Waals surface area (Å²) in [6.45, 7) is 1.46. The molecule has 0 aliphatic carbocycles. The number of nitriles is 1. The Morgan fingerprint density at radius 3 is 2.68 bits per heavy atom. The van der Waals surface area contributed by atoms with Crippen LogP contribution in [0.2, 0.25) is 5.02 Å². The number of phenols is 1. The first-order valence-corrected chi connectivity index (χ1v) is 9.24. The first-order chi connectivity index (χ1) is 14.8. The summed E-state index contributed by atoms with van der Waals surface area (Å²) < 4.78 is 5.98. The molecular weight excluding hydrogens is 422 g/mol. The van der Waals surface area contributed by atoms with Gasteiger partial charge in [0, 0.05) is 10.6 Å². The van der Waals surface area contributed by atoms with Gasteiger partial charge in [-0.2, -0.15) is 20.1 Å². The molecule has 2 N–H and O–H groups in total. The standard InChI is InChI=1S/C21H16ClN5O4/c1-12-16(10-23)21(30)27(15-6-4-14(22)5-7-15)26-19(12)20(29)25-24-11-13-3-8-17(28)18(9-13)31-2/h3-9,11,28H,1-2H3,(H,25,29)/b24-11+. The molecule has 9 nitrogen and oxygen atoms in total. The number of ether oxygens (including phenoxy) is 1. The van der Waals surface area contributed by atoms with Crippen LogP contribution in [0.5, 0.6) is 11.5 Å². The summed E-state index contributed by atoms with van der Waals surface area (Å²) >= 11 is 5.88. The van der Waals surface area contributed by atoms with E-state index in [1.54, 1.807) is 30.3 Å². The lowest BCUT2D eigenvalue weighted by Gasteiger charge is -2.10. The Morgan fingerprint density at radius 2 is 2.03 bits per heavy atom. The number of rotatable bonds is 5. The van der Waals surface area contributed by atoms with Gasteiger partial charge in [-0.05, 0) is 55.0 Å². The second kappa shape index (κ2) is 9.11. The lowest BCUT2D eigenvalue weighted by Crippen LogP contribution is -2.31. The van der Waals surface area contributed by atoms with Gasteiger partial charge in [0.1, 0.15) is 11.6 Å². The molecule has 0 saturated carbocycles. The zero-order valence-corrected chi connectivity index (χ0v) is 17.2. The molecule has 0 spiro atoms. The van der Waals surface area contributed by atoms with Gasteiger partial charge in [0.2, 0.25) is 0 Å². The molecule has 0 aliphatic heterocycles. The van der Waals surface area contributed by atoms with E-state index in [-0.39, 0.29) is 28.3 Å². The Labute approximate surface area is 181 Å². The van der Waals surface area contributed by atoms with Gasteiger partial charge in [-0.3, -0.25) is 9.59 Å². The highest BCUT2D eigenvalue weighted by Crippen LogP contribution is 2.25. The first-order valence-electron chi connectivity index (χ1n) is 8.86. The lowest BCUT2D eigenvalue weighted by molar-refractivity contribution is 0.0947. The highest BCUT2D eigenvalue weighted by atomic mass is 35.5. The van der Waals surface area contributed by atoms with Gasteiger partial charge in [-0.25, -0.2) is 5.43 Å². The fourth-order valence-electron chi connectivity index (χ4n) is 2.70. The fourth-order valence-corrected chi connectivity index (χ4v) is 2.83. The SMILES string of the molecule is COc1cc(/C=N/NC(=O)c2nn(-c3ccc(Cl)cc3)c(=O)c(C#N)c2C)ccc1O. The zero-order valence-electron chi connectivity index (χ0n) is 16.5. The average Bonchev–Trinajstić information content (AvgIpc) is 2.76. The van der Waals surface area contributed by atoms with Crippen molar-refractivity contribution < 1.29 is 14.6 Å². The van der Waals surface area contributed by atoms with Crippen LogP contribution in [0.4, 0.5) is 0 Å². The predicted octanol–water partition coefficient (Wildman–Crippen LogP) is 2.54. The first kappa shape index (κ1) is 21.5. The van der Waals surface area contributed by atoms with E-state index >= 15 is 0 Å². The third kappa shape index (κ3) is 4.55. The number of halogens is 1. The summed E-state index contributed by atoms with van der Waals surface area (Å²) in [6.07, 6.45) is 1.34. The minimum Gasteiger partial charge on any atom is -0.504 e. The molecule has 0 aliphatic rings. The van der Waals surface area contributed by atoms with Crippen molar-refractivity contribution in [2.75, 3.05) is 7.11 Å². The number of carbonyl (C=O) groups is 1. The minimum absolute atomic E-state index is 0.0306. The van der Waals surface area contributed by atoms with Crippen molar-refractivity contribution in [3.8, 4) is 23.3 Å². The maximum Gasteiger partial charge on any atom is 0.292 e. The summed E-state index contributed by atoms with van der Waals surface area (Å²) in [4.78, 5) is 25.3. The molecule has 2 aromatic carbocycles. The highest BCUT2D eigenvalue weighted by Gasteiger charge is 2.20. The molecule has 10 heteroatoms. The normalized spacial score (nSPS) is 10.6. The maximum absolute atomic E-state index is 12.7. The quantitative estimate of drug-likeness (QED) is 0.466. The molecule has 0 fully saturated rings. The number of amides is 1. The smallest absolute Gasteiger partial charge is 0.292 e. The van der Waals surface area contributed by atoms with Crippen LogP contribution in [0.25, 0.3) is 5.69 Å². The zero-order chi connectivity index (χ0) is 22.5. The van der Waals surface area contributed by atoms with Crippen LogP contribution in [-0.4, -0.2) is 34.1 Å². The Balaban J connectivity index is 1.93. The van der Waals surface area contributed by atoms with Gasteiger partial charge in [0.15, 0.2) is 17.2 Å². The van der Waals surface area contributed by atoms with Crippen molar-refractivity contribution in [3.05, 3.63) is 80.2 Å². The monoisotopic (exact) mass is 437 g/mol. The Kier molecular flexibility index (Phi) is 6.33. The summed E-state index contributed by atoms with van der Waals surface area (Å²) in [5, 5.41) is 27.5. The van der Waals surface area contributed by atoms with E-state index in [1.165, 1.54) is 32.4 Å². The second-order valence-corrected chi connectivity index (χ2v) is 6.72. The molecule has 0 atom stereocenters. The van der Waals surface area contributed by atoms with Gasteiger partial charge >= 0.3 is 0 Å². The van der Waals surface area contributed by atoms with E-state index in [2.05, 4.69) is 15.6 Å². The van der Waals surface area contributed by atoms with Gasteiger partial charge in [-0.15, -0.1) is 0 Å². The molecular formula is C21H16ClN5O4. The van der Waals surface area contributed by atoms with Crippen LogP contribution in [0, 0.1) is 18.3 Å². The largest absolute Gasteiger partial charge is 0.504 e. The van der Waals surface area contributed by atoms with Crippen molar-refractivity contribution >= 4 is 23.7 Å². The Hall–Kier alpha value is -4.16. The van der Waals surface area contributed by atoms with Crippen LogP contribution in [0.1, 0.15) is 27.2 Å². The van der Waals surface area contributed by atoms with Crippen LogP contribution >= 0.6 is 11.6 Å². The molecule has 0 bridgehead atoms. The number of aromatic nitrogens is 2. The van der Waals surface area contributed by atoms with E-state index in [0.717, 1.165) is 4.68 Å². The third-order valence-electron chi connectivity index (χ3n) is 4.32. The number of carbonyl (C=O) groups excluding carboxylic acids is 1. The lowest BCUT2D eigenvalue weighted by atomic mass is 10.1. The minimum atomic E-state index is -0.710.